The maximum atomic E-state index is 12.7. The third kappa shape index (κ3) is 4.15. The lowest BCUT2D eigenvalue weighted by atomic mass is 10.2. The van der Waals surface area contributed by atoms with E-state index < -0.39 is 10.0 Å². The lowest BCUT2D eigenvalue weighted by Gasteiger charge is -2.15. The van der Waals surface area contributed by atoms with E-state index in [1.807, 2.05) is 24.3 Å². The number of hydrogen-bond donors (Lipinski definition) is 1. The summed E-state index contributed by atoms with van der Waals surface area (Å²) in [6.45, 7) is 1.07. The predicted octanol–water partition coefficient (Wildman–Crippen LogP) is 4.54. The quantitative estimate of drug-likeness (QED) is 0.437. The van der Waals surface area contributed by atoms with Crippen LogP contribution in [0, 0.1) is 0 Å². The first-order valence-corrected chi connectivity index (χ1v) is 12.4. The van der Waals surface area contributed by atoms with Crippen LogP contribution in [0.25, 0.3) is 22.6 Å². The molecule has 0 bridgehead atoms. The molecule has 1 aromatic heterocycles. The van der Waals surface area contributed by atoms with Crippen LogP contribution < -0.4 is 10.1 Å². The van der Waals surface area contributed by atoms with Gasteiger partial charge in [0.05, 0.1) is 17.6 Å². The molecule has 34 heavy (non-hydrogen) atoms. The number of oxazole rings is 1. The molecule has 1 fully saturated rings. The minimum atomic E-state index is -3.52. The average Bonchev–Trinajstić information content (AvgIpc) is 3.54. The smallest absolute Gasteiger partial charge is 0.255 e. The second-order valence-electron chi connectivity index (χ2n) is 7.99. The predicted molar refractivity (Wildman–Crippen MR) is 128 cm³/mol. The number of carbonyl (C=O) groups is 1. The topological polar surface area (TPSA) is 102 Å². The molecule has 0 radical (unpaired) electrons. The number of nitrogens with one attached hydrogen (secondary N) is 1. The number of benzene rings is 3. The maximum absolute atomic E-state index is 12.7. The minimum absolute atomic E-state index is 0.192. The Morgan fingerprint density at radius 2 is 1.76 bits per heavy atom. The molecule has 1 amide bonds. The number of para-hydroxylation sites is 1. The van der Waals surface area contributed by atoms with Gasteiger partial charge in [0.2, 0.25) is 15.9 Å². The highest BCUT2D eigenvalue weighted by Crippen LogP contribution is 2.32. The summed E-state index contributed by atoms with van der Waals surface area (Å²) in [5.41, 5.74) is 2.79. The van der Waals surface area contributed by atoms with E-state index in [9.17, 15) is 13.2 Å². The van der Waals surface area contributed by atoms with Crippen molar-refractivity contribution in [1.82, 2.24) is 9.29 Å². The molecule has 4 aromatic rings. The van der Waals surface area contributed by atoms with Gasteiger partial charge in [0.1, 0.15) is 11.3 Å². The standard InChI is InChI=1S/C25H23N3O5S/c1-32-22-7-3-2-6-20(22)25-27-21-13-10-18(16-23(21)33-25)26-24(29)17-8-11-19(12-9-17)34(30,31)28-14-4-5-15-28/h2-3,6-13,16H,4-5,14-15H2,1H3,(H,26,29). The fourth-order valence-electron chi connectivity index (χ4n) is 4.00. The number of sulfonamides is 1. The first-order chi connectivity index (χ1) is 16.5. The number of methoxy groups -OCH3 is 1. The largest absolute Gasteiger partial charge is 0.496 e. The normalized spacial score (nSPS) is 14.4. The number of hydrogen-bond acceptors (Lipinski definition) is 6. The van der Waals surface area contributed by atoms with Crippen LogP contribution in [0.15, 0.2) is 76.0 Å². The van der Waals surface area contributed by atoms with Crippen molar-refractivity contribution >= 4 is 32.7 Å². The van der Waals surface area contributed by atoms with Gasteiger partial charge in [-0.15, -0.1) is 0 Å². The molecule has 1 aliphatic rings. The summed E-state index contributed by atoms with van der Waals surface area (Å²) < 4.78 is 38.1. The van der Waals surface area contributed by atoms with E-state index in [0.717, 1.165) is 18.4 Å². The molecule has 0 spiro atoms. The monoisotopic (exact) mass is 477 g/mol. The van der Waals surface area contributed by atoms with Gasteiger partial charge < -0.3 is 14.5 Å². The van der Waals surface area contributed by atoms with E-state index in [-0.39, 0.29) is 10.8 Å². The van der Waals surface area contributed by atoms with E-state index >= 15 is 0 Å². The summed E-state index contributed by atoms with van der Waals surface area (Å²) in [5.74, 6) is 0.720. The zero-order chi connectivity index (χ0) is 23.7. The molecule has 8 nitrogen and oxygen atoms in total. The first-order valence-electron chi connectivity index (χ1n) is 10.9. The number of ether oxygens (including phenoxy) is 1. The van der Waals surface area contributed by atoms with Crippen molar-refractivity contribution in [3.63, 3.8) is 0 Å². The van der Waals surface area contributed by atoms with Gasteiger partial charge in [0, 0.05) is 30.4 Å². The Bertz CT molecular complexity index is 1460. The average molecular weight is 478 g/mol. The maximum Gasteiger partial charge on any atom is 0.255 e. The third-order valence-corrected chi connectivity index (χ3v) is 7.72. The Hall–Kier alpha value is -3.69. The SMILES string of the molecule is COc1ccccc1-c1nc2ccc(NC(=O)c3ccc(S(=O)(=O)N4CCCC4)cc3)cc2o1. The van der Waals surface area contributed by atoms with Crippen molar-refractivity contribution in [3.05, 3.63) is 72.3 Å². The zero-order valence-corrected chi connectivity index (χ0v) is 19.3. The second kappa shape index (κ2) is 8.92. The minimum Gasteiger partial charge on any atom is -0.496 e. The van der Waals surface area contributed by atoms with Crippen molar-refractivity contribution in [3.8, 4) is 17.2 Å². The van der Waals surface area contributed by atoms with Crippen LogP contribution in [-0.4, -0.2) is 43.8 Å². The van der Waals surface area contributed by atoms with Gasteiger partial charge in [0.25, 0.3) is 5.91 Å². The Kier molecular flexibility index (Phi) is 5.80. The van der Waals surface area contributed by atoms with Gasteiger partial charge in [-0.25, -0.2) is 13.4 Å². The molecule has 0 saturated carbocycles. The number of aromatic nitrogens is 1. The molecular weight excluding hydrogens is 454 g/mol. The van der Waals surface area contributed by atoms with Crippen molar-refractivity contribution < 1.29 is 22.4 Å². The molecule has 0 unspecified atom stereocenters. The van der Waals surface area contributed by atoms with Crippen LogP contribution in [0.5, 0.6) is 5.75 Å². The second-order valence-corrected chi connectivity index (χ2v) is 9.93. The van der Waals surface area contributed by atoms with Gasteiger partial charge in [-0.2, -0.15) is 4.31 Å². The van der Waals surface area contributed by atoms with Crippen molar-refractivity contribution in [1.29, 1.82) is 0 Å². The highest BCUT2D eigenvalue weighted by Gasteiger charge is 2.27. The number of carbonyl (C=O) groups excluding carboxylic acids is 1. The van der Waals surface area contributed by atoms with E-state index in [4.69, 9.17) is 9.15 Å². The molecule has 9 heteroatoms. The number of fused-ring (bicyclic) bond motifs is 1. The van der Waals surface area contributed by atoms with Crippen LogP contribution in [0.4, 0.5) is 5.69 Å². The van der Waals surface area contributed by atoms with Crippen molar-refractivity contribution in [2.75, 3.05) is 25.5 Å². The molecule has 3 aromatic carbocycles. The first kappa shape index (κ1) is 22.1. The molecular formula is C25H23N3O5S. The van der Waals surface area contributed by atoms with Crippen LogP contribution in [0.1, 0.15) is 23.2 Å². The zero-order valence-electron chi connectivity index (χ0n) is 18.5. The summed E-state index contributed by atoms with van der Waals surface area (Å²) in [5, 5.41) is 2.82. The lowest BCUT2D eigenvalue weighted by Crippen LogP contribution is -2.27. The highest BCUT2D eigenvalue weighted by atomic mass is 32.2. The Labute approximate surface area is 197 Å². The fourth-order valence-corrected chi connectivity index (χ4v) is 5.52. The molecule has 0 atom stereocenters. The van der Waals surface area contributed by atoms with E-state index in [1.165, 1.54) is 28.6 Å². The van der Waals surface area contributed by atoms with Crippen molar-refractivity contribution in [2.45, 2.75) is 17.7 Å². The summed E-state index contributed by atoms with van der Waals surface area (Å²) in [6, 6.07) is 18.6. The van der Waals surface area contributed by atoms with Gasteiger partial charge in [0.15, 0.2) is 5.58 Å². The van der Waals surface area contributed by atoms with Crippen molar-refractivity contribution in [2.24, 2.45) is 0 Å². The molecule has 2 heterocycles. The number of rotatable bonds is 6. The van der Waals surface area contributed by atoms with Crippen LogP contribution >= 0.6 is 0 Å². The Morgan fingerprint density at radius 1 is 1.03 bits per heavy atom. The summed E-state index contributed by atoms with van der Waals surface area (Å²) in [6.07, 6.45) is 1.74. The fraction of sp³-hybridized carbons (Fsp3) is 0.200. The van der Waals surface area contributed by atoms with Crippen LogP contribution in [-0.2, 0) is 10.0 Å². The molecule has 5 rings (SSSR count). The summed E-state index contributed by atoms with van der Waals surface area (Å²) in [7, 11) is -1.93. The summed E-state index contributed by atoms with van der Waals surface area (Å²) >= 11 is 0. The lowest BCUT2D eigenvalue weighted by molar-refractivity contribution is 0.102. The Morgan fingerprint density at radius 3 is 2.50 bits per heavy atom. The van der Waals surface area contributed by atoms with Gasteiger partial charge in [-0.1, -0.05) is 12.1 Å². The number of anilines is 1. The van der Waals surface area contributed by atoms with Gasteiger partial charge >= 0.3 is 0 Å². The third-order valence-electron chi connectivity index (χ3n) is 5.80. The highest BCUT2D eigenvalue weighted by molar-refractivity contribution is 7.89. The van der Waals surface area contributed by atoms with Gasteiger partial charge in [-0.05, 0) is 61.4 Å². The van der Waals surface area contributed by atoms with Crippen LogP contribution in [0.3, 0.4) is 0 Å². The number of amides is 1. The van der Waals surface area contributed by atoms with Gasteiger partial charge in [-0.3, -0.25) is 4.79 Å². The molecule has 174 valence electrons. The van der Waals surface area contributed by atoms with E-state index in [0.29, 0.717) is 47.1 Å². The van der Waals surface area contributed by atoms with E-state index in [1.54, 1.807) is 25.3 Å². The number of nitrogens with zero attached hydrogens (tertiary/aromatic N) is 2. The van der Waals surface area contributed by atoms with E-state index in [2.05, 4.69) is 10.3 Å². The molecule has 1 saturated heterocycles. The van der Waals surface area contributed by atoms with Crippen LogP contribution in [0.2, 0.25) is 0 Å². The molecule has 0 aliphatic carbocycles. The Balaban J connectivity index is 1.34. The summed E-state index contributed by atoms with van der Waals surface area (Å²) in [4.78, 5) is 17.5. The molecule has 1 aliphatic heterocycles. The molecule has 1 N–H and O–H groups in total.